The Morgan fingerprint density at radius 3 is 2.50 bits per heavy atom. The third-order valence-corrected chi connectivity index (χ3v) is 3.15. The summed E-state index contributed by atoms with van der Waals surface area (Å²) in [6.45, 7) is 4.75. The predicted octanol–water partition coefficient (Wildman–Crippen LogP) is 2.63. The van der Waals surface area contributed by atoms with Gasteiger partial charge in [-0.05, 0) is 43.7 Å². The molecule has 3 nitrogen and oxygen atoms in total. The van der Waals surface area contributed by atoms with Crippen LogP contribution in [0.15, 0.2) is 35.3 Å². The molecule has 0 bridgehead atoms. The number of aliphatic imine (C=N–C) groups is 1. The van der Waals surface area contributed by atoms with Gasteiger partial charge in [0.25, 0.3) is 0 Å². The van der Waals surface area contributed by atoms with Crippen molar-refractivity contribution >= 4 is 11.4 Å². The lowest BCUT2D eigenvalue weighted by Gasteiger charge is -2.07. The van der Waals surface area contributed by atoms with Crippen molar-refractivity contribution in [3.63, 3.8) is 0 Å². The number of rotatable bonds is 1. The number of nitrogens with two attached hydrogens (primary N) is 1. The summed E-state index contributed by atoms with van der Waals surface area (Å²) in [7, 11) is 0. The minimum Gasteiger partial charge on any atom is -0.399 e. The summed E-state index contributed by atoms with van der Waals surface area (Å²) in [5.74, 6) is 0. The fraction of sp³-hybridized carbons (Fsp3) is 0.200. The molecule has 0 radical (unpaired) electrons. The van der Waals surface area contributed by atoms with Gasteiger partial charge in [0.05, 0.1) is 12.3 Å². The molecule has 0 saturated heterocycles. The zero-order valence-corrected chi connectivity index (χ0v) is 10.6. The van der Waals surface area contributed by atoms with E-state index in [-0.39, 0.29) is 0 Å². The van der Waals surface area contributed by atoms with Gasteiger partial charge < -0.3 is 5.73 Å². The average Bonchev–Trinajstić information content (AvgIpc) is 2.70. The smallest absolute Gasteiger partial charge is 0.0728 e. The van der Waals surface area contributed by atoms with Crippen molar-refractivity contribution in [1.82, 2.24) is 4.98 Å². The first-order valence-corrected chi connectivity index (χ1v) is 6.02. The summed E-state index contributed by atoms with van der Waals surface area (Å²) in [6, 6.07) is 10.1. The van der Waals surface area contributed by atoms with Gasteiger partial charge in [0.2, 0.25) is 0 Å². The highest BCUT2D eigenvalue weighted by molar-refractivity contribution is 6.15. The number of pyridine rings is 1. The van der Waals surface area contributed by atoms with Gasteiger partial charge in [0.1, 0.15) is 0 Å². The highest BCUT2D eigenvalue weighted by Gasteiger charge is 2.18. The van der Waals surface area contributed by atoms with Crippen LogP contribution in [0.25, 0.3) is 0 Å². The number of anilines is 1. The number of fused-ring (bicyclic) bond motifs is 1. The molecule has 1 aromatic heterocycles. The van der Waals surface area contributed by atoms with E-state index in [4.69, 9.17) is 5.73 Å². The normalized spacial score (nSPS) is 13.3. The maximum atomic E-state index is 5.86. The van der Waals surface area contributed by atoms with E-state index in [1.165, 1.54) is 5.56 Å². The van der Waals surface area contributed by atoms with Gasteiger partial charge >= 0.3 is 0 Å². The molecule has 0 unspecified atom stereocenters. The van der Waals surface area contributed by atoms with E-state index in [9.17, 15) is 0 Å². The molecule has 0 atom stereocenters. The minimum atomic E-state index is 0.741. The summed E-state index contributed by atoms with van der Waals surface area (Å²) >= 11 is 0. The van der Waals surface area contributed by atoms with Gasteiger partial charge in [0, 0.05) is 28.2 Å². The molecule has 18 heavy (non-hydrogen) atoms. The Labute approximate surface area is 106 Å². The molecule has 0 saturated carbocycles. The Bertz CT molecular complexity index is 637. The van der Waals surface area contributed by atoms with Crippen molar-refractivity contribution < 1.29 is 0 Å². The van der Waals surface area contributed by atoms with Crippen LogP contribution in [0.2, 0.25) is 0 Å². The van der Waals surface area contributed by atoms with E-state index in [1.807, 2.05) is 26.0 Å². The van der Waals surface area contributed by atoms with E-state index in [0.717, 1.165) is 40.5 Å². The van der Waals surface area contributed by atoms with E-state index in [2.05, 4.69) is 28.2 Å². The summed E-state index contributed by atoms with van der Waals surface area (Å²) < 4.78 is 0. The fourth-order valence-corrected chi connectivity index (χ4v) is 2.42. The van der Waals surface area contributed by atoms with Crippen LogP contribution in [-0.4, -0.2) is 10.7 Å². The van der Waals surface area contributed by atoms with Gasteiger partial charge in [-0.15, -0.1) is 0 Å². The molecule has 90 valence electrons. The third-order valence-electron chi connectivity index (χ3n) is 3.15. The number of aryl methyl sites for hydroxylation is 2. The van der Waals surface area contributed by atoms with Crippen LogP contribution >= 0.6 is 0 Å². The van der Waals surface area contributed by atoms with E-state index < -0.39 is 0 Å². The molecule has 0 amide bonds. The number of hydrogen-bond acceptors (Lipinski definition) is 3. The number of benzene rings is 1. The predicted molar refractivity (Wildman–Crippen MR) is 73.9 cm³/mol. The molecule has 3 rings (SSSR count). The summed E-state index contributed by atoms with van der Waals surface area (Å²) in [5.41, 5.74) is 13.2. The van der Waals surface area contributed by atoms with Crippen molar-refractivity contribution in [2.75, 3.05) is 5.73 Å². The lowest BCUT2D eigenvalue weighted by molar-refractivity contribution is 1.10. The molecule has 2 heterocycles. The van der Waals surface area contributed by atoms with Crippen LogP contribution in [0.3, 0.4) is 0 Å². The first-order valence-electron chi connectivity index (χ1n) is 6.02. The molecule has 1 aromatic carbocycles. The summed E-state index contributed by atoms with van der Waals surface area (Å²) in [5, 5.41) is 0. The van der Waals surface area contributed by atoms with Crippen molar-refractivity contribution in [3.8, 4) is 0 Å². The molecular formula is C15H15N3. The molecule has 0 fully saturated rings. The monoisotopic (exact) mass is 237 g/mol. The SMILES string of the molecule is Cc1cc(C2=NCc3ccc(N)cc32)cc(C)n1. The van der Waals surface area contributed by atoms with Gasteiger partial charge in [-0.1, -0.05) is 6.07 Å². The summed E-state index contributed by atoms with van der Waals surface area (Å²) in [4.78, 5) is 9.03. The lowest BCUT2D eigenvalue weighted by Crippen LogP contribution is -2.04. The topological polar surface area (TPSA) is 51.3 Å². The highest BCUT2D eigenvalue weighted by Crippen LogP contribution is 2.25. The highest BCUT2D eigenvalue weighted by atomic mass is 14.8. The first kappa shape index (κ1) is 11.0. The van der Waals surface area contributed by atoms with E-state index in [0.29, 0.717) is 0 Å². The summed E-state index contributed by atoms with van der Waals surface area (Å²) in [6.07, 6.45) is 0. The molecule has 1 aliphatic rings. The standard InChI is InChI=1S/C15H15N3/c1-9-5-12(6-10(2)18-9)15-14-7-13(16)4-3-11(14)8-17-15/h3-7H,8,16H2,1-2H3. The van der Waals surface area contributed by atoms with Crippen molar-refractivity contribution in [1.29, 1.82) is 0 Å². The van der Waals surface area contributed by atoms with Gasteiger partial charge in [0.15, 0.2) is 0 Å². The zero-order chi connectivity index (χ0) is 12.7. The van der Waals surface area contributed by atoms with Crippen molar-refractivity contribution in [2.24, 2.45) is 4.99 Å². The van der Waals surface area contributed by atoms with Crippen LogP contribution in [0.4, 0.5) is 5.69 Å². The molecular weight excluding hydrogens is 222 g/mol. The maximum absolute atomic E-state index is 5.86. The first-order chi connectivity index (χ1) is 8.63. The van der Waals surface area contributed by atoms with Crippen LogP contribution < -0.4 is 5.73 Å². The van der Waals surface area contributed by atoms with E-state index in [1.54, 1.807) is 0 Å². The van der Waals surface area contributed by atoms with Gasteiger partial charge in [-0.25, -0.2) is 0 Å². The number of nitrogen functional groups attached to an aromatic ring is 1. The second kappa shape index (κ2) is 3.95. The molecule has 0 spiro atoms. The Morgan fingerprint density at radius 1 is 1.06 bits per heavy atom. The zero-order valence-electron chi connectivity index (χ0n) is 10.6. The van der Waals surface area contributed by atoms with Crippen LogP contribution in [-0.2, 0) is 6.54 Å². The fourth-order valence-electron chi connectivity index (χ4n) is 2.42. The largest absolute Gasteiger partial charge is 0.399 e. The van der Waals surface area contributed by atoms with E-state index >= 15 is 0 Å². The number of aromatic nitrogens is 1. The second-order valence-corrected chi connectivity index (χ2v) is 4.72. The minimum absolute atomic E-state index is 0.741. The maximum Gasteiger partial charge on any atom is 0.0728 e. The van der Waals surface area contributed by atoms with Crippen LogP contribution in [0, 0.1) is 13.8 Å². The Kier molecular flexibility index (Phi) is 2.40. The van der Waals surface area contributed by atoms with Gasteiger partial charge in [-0.3, -0.25) is 9.98 Å². The molecule has 1 aliphatic heterocycles. The Hall–Kier alpha value is -2.16. The number of hydrogen-bond donors (Lipinski definition) is 1. The Morgan fingerprint density at radius 2 is 1.78 bits per heavy atom. The average molecular weight is 237 g/mol. The van der Waals surface area contributed by atoms with Gasteiger partial charge in [-0.2, -0.15) is 0 Å². The van der Waals surface area contributed by atoms with Crippen LogP contribution in [0.5, 0.6) is 0 Å². The van der Waals surface area contributed by atoms with Crippen LogP contribution in [0.1, 0.15) is 28.1 Å². The Balaban J connectivity index is 2.13. The molecule has 2 aromatic rings. The molecule has 2 N–H and O–H groups in total. The molecule has 0 aliphatic carbocycles. The second-order valence-electron chi connectivity index (χ2n) is 4.72. The van der Waals surface area contributed by atoms with Crippen molar-refractivity contribution in [2.45, 2.75) is 20.4 Å². The molecule has 3 heteroatoms. The third kappa shape index (κ3) is 1.78. The number of nitrogens with zero attached hydrogens (tertiary/aromatic N) is 2. The van der Waals surface area contributed by atoms with Crippen molar-refractivity contribution in [3.05, 3.63) is 58.4 Å². The quantitative estimate of drug-likeness (QED) is 0.775. The lowest BCUT2D eigenvalue weighted by atomic mass is 9.99.